The fourth-order valence-electron chi connectivity index (χ4n) is 1.96. The topological polar surface area (TPSA) is 50.8 Å². The lowest BCUT2D eigenvalue weighted by molar-refractivity contribution is -0.123. The van der Waals surface area contributed by atoms with Gasteiger partial charge in [0, 0.05) is 12.6 Å². The van der Waals surface area contributed by atoms with E-state index in [-0.39, 0.29) is 12.5 Å². The Morgan fingerprint density at radius 1 is 1.24 bits per heavy atom. The summed E-state index contributed by atoms with van der Waals surface area (Å²) in [5.74, 6) is 1.25. The number of rotatable bonds is 10. The Bertz CT molecular complexity index is 420. The first kappa shape index (κ1) is 17.3. The Morgan fingerprint density at radius 2 is 1.95 bits per heavy atom. The maximum absolute atomic E-state index is 11.7. The van der Waals surface area contributed by atoms with E-state index in [0.717, 1.165) is 26.1 Å². The van der Waals surface area contributed by atoms with E-state index < -0.39 is 0 Å². The molecule has 5 nitrogen and oxygen atoms in total. The highest BCUT2D eigenvalue weighted by atomic mass is 16.5. The maximum Gasteiger partial charge on any atom is 0.257 e. The van der Waals surface area contributed by atoms with E-state index in [2.05, 4.69) is 24.1 Å². The molecule has 0 heterocycles. The van der Waals surface area contributed by atoms with Crippen LogP contribution in [-0.2, 0) is 4.79 Å². The van der Waals surface area contributed by atoms with Gasteiger partial charge in [-0.1, -0.05) is 19.9 Å². The normalized spacial score (nSPS) is 10.5. The van der Waals surface area contributed by atoms with Gasteiger partial charge in [-0.25, -0.2) is 0 Å². The first-order chi connectivity index (χ1) is 10.2. The van der Waals surface area contributed by atoms with Crippen LogP contribution in [0.2, 0.25) is 0 Å². The number of methoxy groups -OCH3 is 1. The summed E-state index contributed by atoms with van der Waals surface area (Å²) < 4.78 is 10.5. The summed E-state index contributed by atoms with van der Waals surface area (Å²) in [4.78, 5) is 14.0. The third-order valence-corrected chi connectivity index (χ3v) is 3.28. The molecule has 0 bridgehead atoms. The second-order valence-electron chi connectivity index (χ2n) is 4.70. The van der Waals surface area contributed by atoms with Crippen LogP contribution in [0.15, 0.2) is 24.3 Å². The molecule has 1 aromatic carbocycles. The minimum atomic E-state index is -0.0997. The molecule has 0 fully saturated rings. The van der Waals surface area contributed by atoms with E-state index in [1.807, 2.05) is 12.1 Å². The Balaban J connectivity index is 2.19. The first-order valence-corrected chi connectivity index (χ1v) is 7.45. The van der Waals surface area contributed by atoms with Gasteiger partial charge in [0.05, 0.1) is 7.11 Å². The lowest BCUT2D eigenvalue weighted by Crippen LogP contribution is -2.32. The highest BCUT2D eigenvalue weighted by Gasteiger charge is 2.04. The van der Waals surface area contributed by atoms with Crippen LogP contribution in [0.5, 0.6) is 11.5 Å². The fourth-order valence-corrected chi connectivity index (χ4v) is 1.96. The zero-order chi connectivity index (χ0) is 15.5. The van der Waals surface area contributed by atoms with Crippen molar-refractivity contribution in [3.63, 3.8) is 0 Å². The van der Waals surface area contributed by atoms with Crippen LogP contribution in [0.1, 0.15) is 20.3 Å². The molecule has 0 saturated carbocycles. The van der Waals surface area contributed by atoms with Gasteiger partial charge >= 0.3 is 0 Å². The Morgan fingerprint density at radius 3 is 2.62 bits per heavy atom. The number of benzene rings is 1. The van der Waals surface area contributed by atoms with Crippen molar-refractivity contribution in [1.29, 1.82) is 0 Å². The van der Waals surface area contributed by atoms with Crippen LogP contribution in [0, 0.1) is 0 Å². The van der Waals surface area contributed by atoms with Crippen LogP contribution < -0.4 is 14.8 Å². The summed E-state index contributed by atoms with van der Waals surface area (Å²) in [6, 6.07) is 7.22. The number of hydrogen-bond acceptors (Lipinski definition) is 4. The molecule has 0 radical (unpaired) electrons. The van der Waals surface area contributed by atoms with Gasteiger partial charge in [-0.15, -0.1) is 0 Å². The summed E-state index contributed by atoms with van der Waals surface area (Å²) in [6.45, 7) is 8.08. The second-order valence-corrected chi connectivity index (χ2v) is 4.70. The second kappa shape index (κ2) is 10.0. The van der Waals surface area contributed by atoms with E-state index >= 15 is 0 Å². The van der Waals surface area contributed by atoms with Crippen molar-refractivity contribution in [1.82, 2.24) is 10.2 Å². The van der Waals surface area contributed by atoms with Gasteiger partial charge < -0.3 is 19.7 Å². The Hall–Kier alpha value is -1.75. The molecule has 5 heteroatoms. The first-order valence-electron chi connectivity index (χ1n) is 7.45. The quantitative estimate of drug-likeness (QED) is 0.670. The fraction of sp³-hybridized carbons (Fsp3) is 0.562. The lowest BCUT2D eigenvalue weighted by atomic mass is 10.3. The van der Waals surface area contributed by atoms with Crippen LogP contribution >= 0.6 is 0 Å². The summed E-state index contributed by atoms with van der Waals surface area (Å²) >= 11 is 0. The maximum atomic E-state index is 11.7. The number of carbonyl (C=O) groups is 1. The van der Waals surface area contributed by atoms with Gasteiger partial charge in [0.25, 0.3) is 5.91 Å². The molecule has 1 rings (SSSR count). The van der Waals surface area contributed by atoms with E-state index in [1.54, 1.807) is 19.2 Å². The largest absolute Gasteiger partial charge is 0.497 e. The molecule has 118 valence electrons. The highest BCUT2D eigenvalue weighted by molar-refractivity contribution is 5.77. The van der Waals surface area contributed by atoms with Gasteiger partial charge in [-0.05, 0) is 38.2 Å². The van der Waals surface area contributed by atoms with Crippen LogP contribution in [0.3, 0.4) is 0 Å². The van der Waals surface area contributed by atoms with Gasteiger partial charge in [0.15, 0.2) is 6.61 Å². The monoisotopic (exact) mass is 294 g/mol. The SMILES string of the molecule is CCN(CC)CCCNC(=O)COc1cccc(OC)c1. The average Bonchev–Trinajstić information content (AvgIpc) is 2.53. The van der Waals surface area contributed by atoms with Gasteiger partial charge in [0.1, 0.15) is 11.5 Å². The standard InChI is InChI=1S/C16H26N2O3/c1-4-18(5-2)11-7-10-17-16(19)13-21-15-9-6-8-14(12-15)20-3/h6,8-9,12H,4-5,7,10-11,13H2,1-3H3,(H,17,19). The third kappa shape index (κ3) is 6.99. The molecule has 0 aliphatic carbocycles. The van der Waals surface area contributed by atoms with Crippen molar-refractivity contribution in [3.8, 4) is 11.5 Å². The summed E-state index contributed by atoms with van der Waals surface area (Å²) in [5, 5.41) is 2.86. The molecule has 0 aromatic heterocycles. The molecule has 0 aliphatic rings. The lowest BCUT2D eigenvalue weighted by Gasteiger charge is -2.17. The molecular weight excluding hydrogens is 268 g/mol. The van der Waals surface area contributed by atoms with Crippen LogP contribution in [-0.4, -0.2) is 50.7 Å². The van der Waals surface area contributed by atoms with Crippen molar-refractivity contribution >= 4 is 5.91 Å². The molecule has 1 N–H and O–H groups in total. The van der Waals surface area contributed by atoms with Gasteiger partial charge in [-0.3, -0.25) is 4.79 Å². The predicted octanol–water partition coefficient (Wildman–Crippen LogP) is 1.92. The van der Waals surface area contributed by atoms with Crippen molar-refractivity contribution < 1.29 is 14.3 Å². The zero-order valence-electron chi connectivity index (χ0n) is 13.2. The van der Waals surface area contributed by atoms with Crippen molar-refractivity contribution in [3.05, 3.63) is 24.3 Å². The van der Waals surface area contributed by atoms with Gasteiger partial charge in [-0.2, -0.15) is 0 Å². The third-order valence-electron chi connectivity index (χ3n) is 3.28. The summed E-state index contributed by atoms with van der Waals surface area (Å²) in [7, 11) is 1.60. The summed E-state index contributed by atoms with van der Waals surface area (Å²) in [6.07, 6.45) is 0.951. The number of hydrogen-bond donors (Lipinski definition) is 1. The average molecular weight is 294 g/mol. The smallest absolute Gasteiger partial charge is 0.257 e. The highest BCUT2D eigenvalue weighted by Crippen LogP contribution is 2.18. The van der Waals surface area contributed by atoms with Crippen LogP contribution in [0.25, 0.3) is 0 Å². The number of carbonyl (C=O) groups excluding carboxylic acids is 1. The van der Waals surface area contributed by atoms with E-state index in [4.69, 9.17) is 9.47 Å². The van der Waals surface area contributed by atoms with Crippen molar-refractivity contribution in [2.45, 2.75) is 20.3 Å². The minimum absolute atomic E-state index is 0.0262. The van der Waals surface area contributed by atoms with E-state index in [1.165, 1.54) is 0 Å². The molecule has 0 spiro atoms. The molecule has 0 atom stereocenters. The van der Waals surface area contributed by atoms with Crippen molar-refractivity contribution in [2.75, 3.05) is 39.9 Å². The molecule has 0 saturated heterocycles. The number of amides is 1. The summed E-state index contributed by atoms with van der Waals surface area (Å²) in [5.41, 5.74) is 0. The zero-order valence-corrected chi connectivity index (χ0v) is 13.2. The number of nitrogens with one attached hydrogen (secondary N) is 1. The Labute approximate surface area is 127 Å². The Kier molecular flexibility index (Phi) is 8.28. The number of ether oxygens (including phenoxy) is 2. The molecule has 1 aromatic rings. The van der Waals surface area contributed by atoms with Crippen molar-refractivity contribution in [2.24, 2.45) is 0 Å². The molecule has 1 amide bonds. The molecular formula is C16H26N2O3. The van der Waals surface area contributed by atoms with E-state index in [9.17, 15) is 4.79 Å². The van der Waals surface area contributed by atoms with Gasteiger partial charge in [0.2, 0.25) is 0 Å². The van der Waals surface area contributed by atoms with Crippen LogP contribution in [0.4, 0.5) is 0 Å². The molecule has 21 heavy (non-hydrogen) atoms. The number of nitrogens with zero attached hydrogens (tertiary/aromatic N) is 1. The molecule has 0 unspecified atom stereocenters. The predicted molar refractivity (Wildman–Crippen MR) is 83.9 cm³/mol. The minimum Gasteiger partial charge on any atom is -0.497 e. The van der Waals surface area contributed by atoms with E-state index in [0.29, 0.717) is 18.0 Å². The molecule has 0 aliphatic heterocycles.